The van der Waals surface area contributed by atoms with Gasteiger partial charge in [-0.2, -0.15) is 0 Å². The first kappa shape index (κ1) is 19.8. The van der Waals surface area contributed by atoms with Crippen LogP contribution in [0.2, 0.25) is 0 Å². The molecule has 0 spiro atoms. The molecule has 2 N–H and O–H groups in total. The van der Waals surface area contributed by atoms with Crippen LogP contribution in [0.4, 0.5) is 11.4 Å². The number of nitrogens with zero attached hydrogens (tertiary/aromatic N) is 1. The first-order valence-electron chi connectivity index (χ1n) is 8.81. The summed E-state index contributed by atoms with van der Waals surface area (Å²) < 4.78 is 10.2. The van der Waals surface area contributed by atoms with E-state index < -0.39 is 5.97 Å². The van der Waals surface area contributed by atoms with E-state index in [0.717, 1.165) is 18.8 Å². The average Bonchev–Trinajstić information content (AvgIpc) is 2.74. The molecule has 0 unspecified atom stereocenters. The van der Waals surface area contributed by atoms with Crippen molar-refractivity contribution < 1.29 is 19.1 Å². The van der Waals surface area contributed by atoms with E-state index in [-0.39, 0.29) is 11.0 Å². The van der Waals surface area contributed by atoms with Crippen LogP contribution in [0, 0.1) is 0 Å². The number of ether oxygens (including phenoxy) is 2. The number of thiocarbonyl (C=S) groups is 1. The fourth-order valence-corrected chi connectivity index (χ4v) is 3.08. The molecule has 1 heterocycles. The highest BCUT2D eigenvalue weighted by Gasteiger charge is 2.18. The first-order valence-corrected chi connectivity index (χ1v) is 9.22. The molecule has 8 heteroatoms. The topological polar surface area (TPSA) is 79.9 Å². The first-order chi connectivity index (χ1) is 13.6. The van der Waals surface area contributed by atoms with E-state index in [1.54, 1.807) is 36.4 Å². The van der Waals surface area contributed by atoms with Crippen molar-refractivity contribution in [2.75, 3.05) is 43.6 Å². The number of nitrogens with one attached hydrogen (secondary N) is 2. The maximum absolute atomic E-state index is 12.3. The van der Waals surface area contributed by atoms with Crippen LogP contribution in [-0.4, -0.2) is 50.4 Å². The molecule has 146 valence electrons. The van der Waals surface area contributed by atoms with Gasteiger partial charge in [0.1, 0.15) is 0 Å². The Balaban J connectivity index is 1.80. The Morgan fingerprint density at radius 2 is 1.79 bits per heavy atom. The van der Waals surface area contributed by atoms with Crippen molar-refractivity contribution in [3.05, 3.63) is 59.7 Å². The molecule has 0 bridgehead atoms. The van der Waals surface area contributed by atoms with Crippen molar-refractivity contribution in [3.8, 4) is 0 Å². The number of morpholine rings is 1. The summed E-state index contributed by atoms with van der Waals surface area (Å²) >= 11 is 5.31. The molecule has 0 atom stereocenters. The summed E-state index contributed by atoms with van der Waals surface area (Å²) in [6.45, 7) is 2.67. The minimum absolute atomic E-state index is 0.144. The summed E-state index contributed by atoms with van der Waals surface area (Å²) in [7, 11) is 1.33. The Labute approximate surface area is 168 Å². The Morgan fingerprint density at radius 3 is 2.46 bits per heavy atom. The highest BCUT2D eigenvalue weighted by Crippen LogP contribution is 2.28. The van der Waals surface area contributed by atoms with Gasteiger partial charge in [-0.25, -0.2) is 4.79 Å². The van der Waals surface area contributed by atoms with Gasteiger partial charge in [-0.05, 0) is 42.5 Å². The Hall–Kier alpha value is -2.97. The van der Waals surface area contributed by atoms with Gasteiger partial charge in [-0.1, -0.05) is 18.2 Å². The number of rotatable bonds is 4. The molecule has 1 amide bonds. The van der Waals surface area contributed by atoms with Gasteiger partial charge in [0.2, 0.25) is 0 Å². The van der Waals surface area contributed by atoms with E-state index in [0.29, 0.717) is 30.0 Å². The number of methoxy groups -OCH3 is 1. The van der Waals surface area contributed by atoms with Gasteiger partial charge in [-0.3, -0.25) is 10.1 Å². The molecule has 1 aliphatic rings. The zero-order valence-electron chi connectivity index (χ0n) is 15.4. The van der Waals surface area contributed by atoms with Crippen LogP contribution in [0.1, 0.15) is 20.7 Å². The van der Waals surface area contributed by atoms with Crippen molar-refractivity contribution in [2.45, 2.75) is 0 Å². The molecule has 7 nitrogen and oxygen atoms in total. The minimum atomic E-state index is -0.448. The summed E-state index contributed by atoms with van der Waals surface area (Å²) in [5, 5.41) is 5.84. The highest BCUT2D eigenvalue weighted by atomic mass is 32.1. The second-order valence-electron chi connectivity index (χ2n) is 6.10. The summed E-state index contributed by atoms with van der Waals surface area (Å²) in [6, 6.07) is 14.0. The number of amides is 1. The fraction of sp³-hybridized carbons (Fsp3) is 0.250. The number of carbonyl (C=O) groups is 2. The third kappa shape index (κ3) is 4.85. The van der Waals surface area contributed by atoms with Gasteiger partial charge in [0.25, 0.3) is 5.91 Å². The molecule has 2 aromatic carbocycles. The van der Waals surface area contributed by atoms with Gasteiger partial charge in [0, 0.05) is 18.7 Å². The summed E-state index contributed by atoms with van der Waals surface area (Å²) in [6.07, 6.45) is 0. The molecule has 2 aromatic rings. The van der Waals surface area contributed by atoms with Crippen LogP contribution in [0.5, 0.6) is 0 Å². The number of benzene rings is 2. The lowest BCUT2D eigenvalue weighted by molar-refractivity contribution is 0.0600. The van der Waals surface area contributed by atoms with E-state index in [4.69, 9.17) is 21.7 Å². The quantitative estimate of drug-likeness (QED) is 0.604. The van der Waals surface area contributed by atoms with Gasteiger partial charge < -0.3 is 19.7 Å². The van der Waals surface area contributed by atoms with E-state index in [2.05, 4.69) is 15.5 Å². The smallest absolute Gasteiger partial charge is 0.337 e. The third-order valence-corrected chi connectivity index (χ3v) is 4.48. The molecule has 0 saturated carbocycles. The van der Waals surface area contributed by atoms with E-state index >= 15 is 0 Å². The zero-order chi connectivity index (χ0) is 19.9. The molecule has 3 rings (SSSR count). The third-order valence-electron chi connectivity index (χ3n) is 4.28. The highest BCUT2D eigenvalue weighted by molar-refractivity contribution is 7.80. The van der Waals surface area contributed by atoms with Crippen LogP contribution in [-0.2, 0) is 9.47 Å². The second-order valence-corrected chi connectivity index (χ2v) is 6.51. The molecule has 0 radical (unpaired) electrons. The SMILES string of the molecule is COC(=O)c1ccc(N2CCOCC2)c(NC(=S)NC(=O)c2ccccc2)c1. The van der Waals surface area contributed by atoms with Crippen LogP contribution < -0.4 is 15.5 Å². The molecular weight excluding hydrogens is 378 g/mol. The van der Waals surface area contributed by atoms with E-state index in [1.807, 2.05) is 12.1 Å². The lowest BCUT2D eigenvalue weighted by Crippen LogP contribution is -2.38. The van der Waals surface area contributed by atoms with Crippen LogP contribution in [0.15, 0.2) is 48.5 Å². The van der Waals surface area contributed by atoms with Gasteiger partial charge in [-0.15, -0.1) is 0 Å². The molecule has 28 heavy (non-hydrogen) atoms. The molecule has 0 aliphatic carbocycles. The number of anilines is 2. The van der Waals surface area contributed by atoms with E-state index in [9.17, 15) is 9.59 Å². The van der Waals surface area contributed by atoms with Crippen LogP contribution in [0.3, 0.4) is 0 Å². The van der Waals surface area contributed by atoms with Gasteiger partial charge >= 0.3 is 5.97 Å². The predicted octanol–water partition coefficient (Wildman–Crippen LogP) is 2.44. The maximum Gasteiger partial charge on any atom is 0.337 e. The normalized spacial score (nSPS) is 13.5. The largest absolute Gasteiger partial charge is 0.465 e. The van der Waals surface area contributed by atoms with Crippen molar-refractivity contribution >= 4 is 40.6 Å². The summed E-state index contributed by atoms with van der Waals surface area (Å²) in [5.41, 5.74) is 2.37. The lowest BCUT2D eigenvalue weighted by Gasteiger charge is -2.31. The van der Waals surface area contributed by atoms with Crippen molar-refractivity contribution in [1.29, 1.82) is 0 Å². The van der Waals surface area contributed by atoms with Crippen molar-refractivity contribution in [1.82, 2.24) is 5.32 Å². The minimum Gasteiger partial charge on any atom is -0.465 e. The molecule has 1 saturated heterocycles. The number of hydrogen-bond acceptors (Lipinski definition) is 6. The standard InChI is InChI=1S/C20H21N3O4S/c1-26-19(25)15-7-8-17(23-9-11-27-12-10-23)16(13-15)21-20(28)22-18(24)14-5-3-2-4-6-14/h2-8,13H,9-12H2,1H3,(H2,21,22,24,28). The van der Waals surface area contributed by atoms with Crippen molar-refractivity contribution in [2.24, 2.45) is 0 Å². The van der Waals surface area contributed by atoms with Crippen LogP contribution >= 0.6 is 12.2 Å². The van der Waals surface area contributed by atoms with E-state index in [1.165, 1.54) is 7.11 Å². The second kappa shape index (κ2) is 9.29. The fourth-order valence-electron chi connectivity index (χ4n) is 2.88. The number of hydrogen-bond donors (Lipinski definition) is 2. The molecule has 1 fully saturated rings. The lowest BCUT2D eigenvalue weighted by atomic mass is 10.1. The Kier molecular flexibility index (Phi) is 6.57. The average molecular weight is 399 g/mol. The summed E-state index contributed by atoms with van der Waals surface area (Å²) in [4.78, 5) is 26.4. The molecular formula is C20H21N3O4S. The maximum atomic E-state index is 12.3. The zero-order valence-corrected chi connectivity index (χ0v) is 16.3. The molecule has 1 aliphatic heterocycles. The Morgan fingerprint density at radius 1 is 1.07 bits per heavy atom. The molecule has 0 aromatic heterocycles. The van der Waals surface area contributed by atoms with Gasteiger partial charge in [0.15, 0.2) is 5.11 Å². The monoisotopic (exact) mass is 399 g/mol. The van der Waals surface area contributed by atoms with Crippen molar-refractivity contribution in [3.63, 3.8) is 0 Å². The van der Waals surface area contributed by atoms with Gasteiger partial charge in [0.05, 0.1) is 37.3 Å². The Bertz CT molecular complexity index is 867. The van der Waals surface area contributed by atoms with Crippen LogP contribution in [0.25, 0.3) is 0 Å². The summed E-state index contributed by atoms with van der Waals surface area (Å²) in [5.74, 6) is -0.758. The predicted molar refractivity (Wildman–Crippen MR) is 111 cm³/mol. The number of esters is 1. The number of carbonyl (C=O) groups excluding carboxylic acids is 2.